The number of rotatable bonds is 8. The highest BCUT2D eigenvalue weighted by molar-refractivity contribution is 7.99. The molecule has 1 heterocycles. The van der Waals surface area contributed by atoms with E-state index >= 15 is 0 Å². The number of thioether (sulfide) groups is 1. The highest BCUT2D eigenvalue weighted by Gasteiger charge is 2.22. The molecule has 0 spiro atoms. The molecule has 1 aliphatic carbocycles. The van der Waals surface area contributed by atoms with E-state index in [0.29, 0.717) is 11.7 Å². The standard InChI is InChI=1S/C26H31N5O2S/c1-17-11-12-18(2)23(13-17)31-19(3)29-30-26(31)34-16-24(32)27-15-20-7-6-10-22(14-20)28-25(33)21-8-4-5-9-21/h6-7,10-14,21H,4-5,8-9,15-16H2,1-3H3,(H,27,32)(H,28,33). The largest absolute Gasteiger partial charge is 0.351 e. The zero-order valence-corrected chi connectivity index (χ0v) is 20.7. The Kier molecular flexibility index (Phi) is 7.67. The number of hydrogen-bond donors (Lipinski definition) is 2. The molecule has 7 nitrogen and oxygen atoms in total. The summed E-state index contributed by atoms with van der Waals surface area (Å²) in [6, 6.07) is 13.9. The number of benzene rings is 2. The number of hydrogen-bond acceptors (Lipinski definition) is 5. The van der Waals surface area contributed by atoms with Crippen LogP contribution in [-0.2, 0) is 16.1 Å². The fourth-order valence-electron chi connectivity index (χ4n) is 4.25. The van der Waals surface area contributed by atoms with Crippen molar-refractivity contribution in [2.75, 3.05) is 11.1 Å². The van der Waals surface area contributed by atoms with Crippen molar-refractivity contribution in [1.29, 1.82) is 0 Å². The number of carbonyl (C=O) groups excluding carboxylic acids is 2. The van der Waals surface area contributed by atoms with Gasteiger partial charge in [0.05, 0.1) is 11.4 Å². The second kappa shape index (κ2) is 10.9. The van der Waals surface area contributed by atoms with Crippen LogP contribution >= 0.6 is 11.8 Å². The van der Waals surface area contributed by atoms with Gasteiger partial charge in [0.15, 0.2) is 5.16 Å². The van der Waals surface area contributed by atoms with E-state index in [1.165, 1.54) is 11.8 Å². The van der Waals surface area contributed by atoms with Crippen LogP contribution in [0.3, 0.4) is 0 Å². The third-order valence-electron chi connectivity index (χ3n) is 6.14. The van der Waals surface area contributed by atoms with Crippen molar-refractivity contribution in [3.63, 3.8) is 0 Å². The summed E-state index contributed by atoms with van der Waals surface area (Å²) in [5, 5.41) is 15.2. The molecule has 0 unspecified atom stereocenters. The quantitative estimate of drug-likeness (QED) is 0.458. The first-order chi connectivity index (χ1) is 16.4. The van der Waals surface area contributed by atoms with E-state index in [4.69, 9.17) is 0 Å². The first-order valence-electron chi connectivity index (χ1n) is 11.7. The van der Waals surface area contributed by atoms with Crippen molar-refractivity contribution in [3.8, 4) is 5.69 Å². The van der Waals surface area contributed by atoms with Crippen LogP contribution in [0.2, 0.25) is 0 Å². The van der Waals surface area contributed by atoms with Crippen LogP contribution in [0.1, 0.15) is 48.2 Å². The molecule has 2 N–H and O–H groups in total. The van der Waals surface area contributed by atoms with Crippen molar-refractivity contribution >= 4 is 29.3 Å². The van der Waals surface area contributed by atoms with Crippen molar-refractivity contribution < 1.29 is 9.59 Å². The van der Waals surface area contributed by atoms with Gasteiger partial charge < -0.3 is 10.6 Å². The molecule has 2 amide bonds. The number of carbonyl (C=O) groups is 2. The molecule has 34 heavy (non-hydrogen) atoms. The Morgan fingerprint density at radius 2 is 1.85 bits per heavy atom. The van der Waals surface area contributed by atoms with E-state index in [1.807, 2.05) is 35.8 Å². The van der Waals surface area contributed by atoms with E-state index in [9.17, 15) is 9.59 Å². The molecule has 1 saturated carbocycles. The molecular formula is C26H31N5O2S. The average Bonchev–Trinajstić information content (AvgIpc) is 3.48. The predicted octanol–water partition coefficient (Wildman–Crippen LogP) is 4.73. The lowest BCUT2D eigenvalue weighted by Gasteiger charge is -2.13. The summed E-state index contributed by atoms with van der Waals surface area (Å²) in [7, 11) is 0. The molecule has 4 rings (SSSR count). The van der Waals surface area contributed by atoms with Crippen LogP contribution < -0.4 is 10.6 Å². The summed E-state index contributed by atoms with van der Waals surface area (Å²) >= 11 is 1.37. The Morgan fingerprint density at radius 1 is 1.06 bits per heavy atom. The number of amides is 2. The Morgan fingerprint density at radius 3 is 2.65 bits per heavy atom. The number of aryl methyl sites for hydroxylation is 3. The van der Waals surface area contributed by atoms with Gasteiger partial charge in [0.1, 0.15) is 5.82 Å². The lowest BCUT2D eigenvalue weighted by atomic mass is 10.1. The Labute approximate surface area is 204 Å². The first-order valence-corrected chi connectivity index (χ1v) is 12.7. The zero-order valence-electron chi connectivity index (χ0n) is 19.9. The Bertz CT molecular complexity index is 1180. The molecule has 1 aliphatic rings. The van der Waals surface area contributed by atoms with Gasteiger partial charge in [-0.3, -0.25) is 14.2 Å². The minimum atomic E-state index is -0.0847. The van der Waals surface area contributed by atoms with Crippen LogP contribution in [0.4, 0.5) is 5.69 Å². The summed E-state index contributed by atoms with van der Waals surface area (Å²) < 4.78 is 2.00. The molecule has 0 atom stereocenters. The molecule has 0 saturated heterocycles. The minimum Gasteiger partial charge on any atom is -0.351 e. The normalized spacial score (nSPS) is 13.7. The summed E-state index contributed by atoms with van der Waals surface area (Å²) in [6.45, 7) is 6.42. The molecular weight excluding hydrogens is 446 g/mol. The second-order valence-corrected chi connectivity index (χ2v) is 9.83. The predicted molar refractivity (Wildman–Crippen MR) is 135 cm³/mol. The smallest absolute Gasteiger partial charge is 0.230 e. The number of anilines is 1. The van der Waals surface area contributed by atoms with E-state index in [1.54, 1.807) is 0 Å². The first kappa shape index (κ1) is 24.0. The van der Waals surface area contributed by atoms with Crippen molar-refractivity contribution in [2.24, 2.45) is 5.92 Å². The molecule has 2 aromatic carbocycles. The highest BCUT2D eigenvalue weighted by Crippen LogP contribution is 2.27. The molecule has 0 bridgehead atoms. The average molecular weight is 478 g/mol. The number of nitrogens with zero attached hydrogens (tertiary/aromatic N) is 3. The van der Waals surface area contributed by atoms with E-state index < -0.39 is 0 Å². The molecule has 0 radical (unpaired) electrons. The molecule has 8 heteroatoms. The molecule has 0 aliphatic heterocycles. The van der Waals surface area contributed by atoms with Gasteiger partial charge in [0.2, 0.25) is 11.8 Å². The van der Waals surface area contributed by atoms with Gasteiger partial charge in [0, 0.05) is 18.2 Å². The maximum atomic E-state index is 12.5. The zero-order chi connectivity index (χ0) is 24.1. The van der Waals surface area contributed by atoms with Gasteiger partial charge >= 0.3 is 0 Å². The molecule has 1 aromatic heterocycles. The van der Waals surface area contributed by atoms with Gasteiger partial charge in [-0.2, -0.15) is 0 Å². The van der Waals surface area contributed by atoms with Crippen LogP contribution in [0, 0.1) is 26.7 Å². The van der Waals surface area contributed by atoms with E-state index in [-0.39, 0.29) is 23.5 Å². The number of aromatic nitrogens is 3. The van der Waals surface area contributed by atoms with Gasteiger partial charge in [-0.15, -0.1) is 10.2 Å². The third-order valence-corrected chi connectivity index (χ3v) is 7.07. The fraction of sp³-hybridized carbons (Fsp3) is 0.385. The number of nitrogens with one attached hydrogen (secondary N) is 2. The Balaban J connectivity index is 1.32. The topological polar surface area (TPSA) is 88.9 Å². The minimum absolute atomic E-state index is 0.0847. The summed E-state index contributed by atoms with van der Waals surface area (Å²) in [5.74, 6) is 1.15. The van der Waals surface area contributed by atoms with Gasteiger partial charge in [-0.25, -0.2) is 0 Å². The third kappa shape index (κ3) is 5.86. The lowest BCUT2D eigenvalue weighted by molar-refractivity contribution is -0.120. The van der Waals surface area contributed by atoms with Crippen molar-refractivity contribution in [2.45, 2.75) is 58.2 Å². The summed E-state index contributed by atoms with van der Waals surface area (Å²) in [5.41, 5.74) is 5.03. The van der Waals surface area contributed by atoms with Crippen LogP contribution in [0.5, 0.6) is 0 Å². The van der Waals surface area contributed by atoms with Crippen LogP contribution in [-0.4, -0.2) is 32.3 Å². The van der Waals surface area contributed by atoms with E-state index in [2.05, 4.69) is 52.9 Å². The van der Waals surface area contributed by atoms with Crippen LogP contribution in [0.25, 0.3) is 5.69 Å². The highest BCUT2D eigenvalue weighted by atomic mass is 32.2. The SMILES string of the molecule is Cc1ccc(C)c(-n2c(C)nnc2SCC(=O)NCc2cccc(NC(=O)C3CCCC3)c2)c1. The molecule has 178 valence electrons. The second-order valence-electron chi connectivity index (χ2n) is 8.89. The van der Waals surface area contributed by atoms with E-state index in [0.717, 1.165) is 59.6 Å². The van der Waals surface area contributed by atoms with Crippen molar-refractivity contribution in [3.05, 3.63) is 65.0 Å². The maximum Gasteiger partial charge on any atom is 0.230 e. The van der Waals surface area contributed by atoms with Gasteiger partial charge in [-0.05, 0) is 68.5 Å². The van der Waals surface area contributed by atoms with Crippen LogP contribution in [0.15, 0.2) is 47.6 Å². The fourth-order valence-corrected chi connectivity index (χ4v) is 5.07. The summed E-state index contributed by atoms with van der Waals surface area (Å²) in [6.07, 6.45) is 4.19. The molecule has 3 aromatic rings. The lowest BCUT2D eigenvalue weighted by Crippen LogP contribution is -2.25. The molecule has 1 fully saturated rings. The monoisotopic (exact) mass is 477 g/mol. The summed E-state index contributed by atoms with van der Waals surface area (Å²) in [4.78, 5) is 24.9. The van der Waals surface area contributed by atoms with Gasteiger partial charge in [-0.1, -0.05) is 48.9 Å². The maximum absolute atomic E-state index is 12.5. The Hall–Kier alpha value is -3.13. The van der Waals surface area contributed by atoms with Crippen molar-refractivity contribution in [1.82, 2.24) is 20.1 Å². The van der Waals surface area contributed by atoms with Gasteiger partial charge in [0.25, 0.3) is 0 Å².